The lowest BCUT2D eigenvalue weighted by Gasteiger charge is -2.26. The van der Waals surface area contributed by atoms with Gasteiger partial charge in [0.25, 0.3) is 0 Å². The number of esters is 2. The largest absolute Gasteiger partial charge is 0.410 e. The predicted octanol–water partition coefficient (Wildman–Crippen LogP) is -0.571. The normalized spacial score (nSPS) is 20.8. The predicted molar refractivity (Wildman–Crippen MR) is 43.1 cm³/mol. The van der Waals surface area contributed by atoms with Gasteiger partial charge in [0.05, 0.1) is 12.8 Å². The molecule has 2 rings (SSSR count). The van der Waals surface area contributed by atoms with E-state index in [9.17, 15) is 9.59 Å². The Labute approximate surface area is 90.3 Å². The second kappa shape index (κ2) is 5.21. The van der Waals surface area contributed by atoms with Crippen molar-refractivity contribution in [3.8, 4) is 0 Å². The number of hydrogen-bond donors (Lipinski definition) is 0. The molecule has 0 atom stereocenters. The van der Waals surface area contributed by atoms with Crippen LogP contribution in [0, 0.1) is 0 Å². The first-order chi connectivity index (χ1) is 7.74. The summed E-state index contributed by atoms with van der Waals surface area (Å²) < 4.78 is 28.0. The van der Waals surface area contributed by atoms with E-state index in [0.29, 0.717) is 0 Å². The maximum atomic E-state index is 11.1. The Morgan fingerprint density at radius 2 is 1.25 bits per heavy atom. The lowest BCUT2D eigenvalue weighted by Crippen LogP contribution is -2.36. The van der Waals surface area contributed by atoms with E-state index >= 15 is 0 Å². The monoisotopic (exact) mass is 234 g/mol. The maximum Gasteiger partial charge on any atom is 0.322 e. The van der Waals surface area contributed by atoms with Crippen molar-refractivity contribution in [1.29, 1.82) is 0 Å². The number of hydrogen-bond acceptors (Lipinski definition) is 8. The van der Waals surface area contributed by atoms with Crippen molar-refractivity contribution in [3.63, 3.8) is 0 Å². The van der Waals surface area contributed by atoms with Crippen molar-refractivity contribution in [3.05, 3.63) is 0 Å². The minimum absolute atomic E-state index is 0.107. The standard InChI is InChI=1S/C8H10O8/c9-5(15-7-11-3-12-7)1-2-6(10)16-8-13-4-14-8/h7-8H,1-4H2. The molecule has 2 aliphatic heterocycles. The first-order valence-corrected chi connectivity index (χ1v) is 4.59. The van der Waals surface area contributed by atoms with Gasteiger partial charge in [-0.15, -0.1) is 0 Å². The van der Waals surface area contributed by atoms with Gasteiger partial charge in [-0.2, -0.15) is 0 Å². The average molecular weight is 234 g/mol. The number of ether oxygens (including phenoxy) is 6. The molecule has 2 aliphatic rings. The van der Waals surface area contributed by atoms with Crippen molar-refractivity contribution >= 4 is 11.9 Å². The molecular weight excluding hydrogens is 224 g/mol. The average Bonchev–Trinajstić information content (AvgIpc) is 2.14. The fourth-order valence-corrected chi connectivity index (χ4v) is 0.920. The van der Waals surface area contributed by atoms with Crippen LogP contribution in [0.25, 0.3) is 0 Å². The molecule has 0 aromatic heterocycles. The van der Waals surface area contributed by atoms with Crippen LogP contribution >= 0.6 is 0 Å². The van der Waals surface area contributed by atoms with Crippen LogP contribution in [0.1, 0.15) is 12.8 Å². The van der Waals surface area contributed by atoms with Crippen LogP contribution < -0.4 is 0 Å². The second-order valence-corrected chi connectivity index (χ2v) is 2.96. The highest BCUT2D eigenvalue weighted by atomic mass is 17.0. The molecule has 0 bridgehead atoms. The van der Waals surface area contributed by atoms with Crippen LogP contribution in [-0.4, -0.2) is 38.5 Å². The molecule has 0 aromatic rings. The Morgan fingerprint density at radius 1 is 0.875 bits per heavy atom. The Kier molecular flexibility index (Phi) is 3.67. The van der Waals surface area contributed by atoms with Crippen LogP contribution in [0.2, 0.25) is 0 Å². The van der Waals surface area contributed by atoms with E-state index in [2.05, 4.69) is 28.4 Å². The second-order valence-electron chi connectivity index (χ2n) is 2.96. The van der Waals surface area contributed by atoms with Crippen molar-refractivity contribution in [2.24, 2.45) is 0 Å². The fourth-order valence-electron chi connectivity index (χ4n) is 0.920. The Morgan fingerprint density at radius 3 is 1.50 bits per heavy atom. The Balaban J connectivity index is 1.54. The van der Waals surface area contributed by atoms with E-state index < -0.39 is 24.9 Å². The van der Waals surface area contributed by atoms with Gasteiger partial charge in [0.15, 0.2) is 13.6 Å². The first-order valence-electron chi connectivity index (χ1n) is 4.59. The lowest BCUT2D eigenvalue weighted by atomic mass is 10.3. The summed E-state index contributed by atoms with van der Waals surface area (Å²) in [5.41, 5.74) is 0. The van der Waals surface area contributed by atoms with E-state index in [-0.39, 0.29) is 26.4 Å². The van der Waals surface area contributed by atoms with E-state index in [4.69, 9.17) is 0 Å². The van der Waals surface area contributed by atoms with Crippen LogP contribution in [0.5, 0.6) is 0 Å². The van der Waals surface area contributed by atoms with Crippen LogP contribution in [0.15, 0.2) is 0 Å². The molecule has 0 unspecified atom stereocenters. The molecule has 16 heavy (non-hydrogen) atoms. The van der Waals surface area contributed by atoms with E-state index in [1.807, 2.05) is 0 Å². The fraction of sp³-hybridized carbons (Fsp3) is 0.750. The number of rotatable bonds is 5. The van der Waals surface area contributed by atoms with Gasteiger partial charge in [-0.1, -0.05) is 0 Å². The van der Waals surface area contributed by atoms with Crippen LogP contribution in [0.3, 0.4) is 0 Å². The minimum atomic E-state index is -0.943. The summed E-state index contributed by atoms with van der Waals surface area (Å²) >= 11 is 0. The molecule has 0 saturated carbocycles. The smallest absolute Gasteiger partial charge is 0.322 e. The minimum Gasteiger partial charge on any atom is -0.410 e. The molecule has 8 heteroatoms. The van der Waals surface area contributed by atoms with Gasteiger partial charge in [0, 0.05) is 0 Å². The third-order valence-electron chi connectivity index (χ3n) is 1.81. The molecule has 0 amide bonds. The lowest BCUT2D eigenvalue weighted by molar-refractivity contribution is -0.408. The van der Waals surface area contributed by atoms with Crippen LogP contribution in [0.4, 0.5) is 0 Å². The van der Waals surface area contributed by atoms with Gasteiger partial charge in [0.2, 0.25) is 0 Å². The summed E-state index contributed by atoms with van der Waals surface area (Å²) in [5, 5.41) is 0. The molecule has 0 N–H and O–H groups in total. The van der Waals surface area contributed by atoms with Gasteiger partial charge in [0.1, 0.15) is 0 Å². The molecule has 2 saturated heterocycles. The molecular formula is C8H10O8. The summed E-state index contributed by atoms with van der Waals surface area (Å²) in [6, 6.07) is 0. The van der Waals surface area contributed by atoms with E-state index in [1.165, 1.54) is 0 Å². The molecule has 2 fully saturated rings. The third-order valence-corrected chi connectivity index (χ3v) is 1.81. The SMILES string of the molecule is O=C(CCC(=O)OC1OCO1)OC1OCO1. The Hall–Kier alpha value is -1.22. The molecule has 0 aliphatic carbocycles. The molecule has 8 nitrogen and oxygen atoms in total. The van der Waals surface area contributed by atoms with E-state index in [1.54, 1.807) is 0 Å². The van der Waals surface area contributed by atoms with Gasteiger partial charge in [-0.25, -0.2) is 0 Å². The summed E-state index contributed by atoms with van der Waals surface area (Å²) in [6.45, 7) is -1.67. The highest BCUT2D eigenvalue weighted by Gasteiger charge is 2.25. The van der Waals surface area contributed by atoms with E-state index in [0.717, 1.165) is 0 Å². The van der Waals surface area contributed by atoms with Crippen molar-refractivity contribution in [2.45, 2.75) is 25.8 Å². The van der Waals surface area contributed by atoms with Gasteiger partial charge in [-0.05, 0) is 0 Å². The summed E-state index contributed by atoms with van der Waals surface area (Å²) in [7, 11) is 0. The van der Waals surface area contributed by atoms with Crippen molar-refractivity contribution in [2.75, 3.05) is 13.6 Å². The zero-order valence-corrected chi connectivity index (χ0v) is 8.25. The summed E-state index contributed by atoms with van der Waals surface area (Å²) in [4.78, 5) is 22.1. The van der Waals surface area contributed by atoms with Crippen molar-refractivity contribution < 1.29 is 38.0 Å². The zero-order chi connectivity index (χ0) is 11.4. The quantitative estimate of drug-likeness (QED) is 0.584. The zero-order valence-electron chi connectivity index (χ0n) is 8.25. The molecule has 2 heterocycles. The topological polar surface area (TPSA) is 89.5 Å². The third kappa shape index (κ3) is 3.14. The Bertz CT molecular complexity index is 241. The summed E-state index contributed by atoms with van der Waals surface area (Å²) in [5.74, 6) is -1.20. The van der Waals surface area contributed by atoms with Crippen molar-refractivity contribution in [1.82, 2.24) is 0 Å². The number of carbonyl (C=O) groups is 2. The first kappa shape index (κ1) is 11.3. The van der Waals surface area contributed by atoms with Gasteiger partial charge in [-0.3, -0.25) is 28.5 Å². The maximum absolute atomic E-state index is 11.1. The highest BCUT2D eigenvalue weighted by molar-refractivity contribution is 5.77. The molecule has 0 radical (unpaired) electrons. The number of carbonyl (C=O) groups excluding carboxylic acids is 2. The summed E-state index contributed by atoms with van der Waals surface area (Å²) in [6.07, 6.45) is -0.233. The van der Waals surface area contributed by atoms with Gasteiger partial charge < -0.3 is 9.47 Å². The van der Waals surface area contributed by atoms with Gasteiger partial charge >= 0.3 is 24.9 Å². The molecule has 0 aromatic carbocycles. The van der Waals surface area contributed by atoms with Crippen LogP contribution in [-0.2, 0) is 38.0 Å². The molecule has 90 valence electrons. The molecule has 0 spiro atoms. The highest BCUT2D eigenvalue weighted by Crippen LogP contribution is 2.12.